The van der Waals surface area contributed by atoms with Crippen molar-refractivity contribution in [3.05, 3.63) is 52.4 Å². The van der Waals surface area contributed by atoms with Crippen molar-refractivity contribution in [2.75, 3.05) is 0 Å². The number of ether oxygens (including phenoxy) is 1. The molecule has 1 aromatic heterocycles. The molecular weight excluding hydrogens is 270 g/mol. The predicted molar refractivity (Wildman–Crippen MR) is 61.9 cm³/mol. The topological polar surface area (TPSA) is 46.2 Å². The van der Waals surface area contributed by atoms with Gasteiger partial charge >= 0.3 is 0 Å². The van der Waals surface area contributed by atoms with Crippen LogP contribution in [0.1, 0.15) is 11.3 Å². The second-order valence-electron chi connectivity index (χ2n) is 3.16. The molecule has 1 aromatic carbocycles. The summed E-state index contributed by atoms with van der Waals surface area (Å²) < 4.78 is 11.5. The molecule has 1 heterocycles. The Morgan fingerprint density at radius 2 is 2.25 bits per heavy atom. The average Bonchev–Trinajstić information content (AvgIpc) is 2.78. The van der Waals surface area contributed by atoms with E-state index in [1.54, 1.807) is 24.5 Å². The van der Waals surface area contributed by atoms with Gasteiger partial charge in [-0.3, -0.25) is 0 Å². The van der Waals surface area contributed by atoms with Gasteiger partial charge in [0, 0.05) is 4.47 Å². The Hall–Kier alpha value is -1.73. The summed E-state index contributed by atoms with van der Waals surface area (Å²) in [6.45, 7) is 0.355. The first-order valence-electron chi connectivity index (χ1n) is 4.64. The zero-order chi connectivity index (χ0) is 11.4. The molecule has 3 nitrogen and oxygen atoms in total. The van der Waals surface area contributed by atoms with Gasteiger partial charge in [-0.15, -0.1) is 0 Å². The largest absolute Gasteiger partial charge is 0.486 e. The number of benzene rings is 1. The van der Waals surface area contributed by atoms with Crippen LogP contribution in [0.3, 0.4) is 0 Å². The van der Waals surface area contributed by atoms with E-state index in [1.807, 2.05) is 12.1 Å². The number of rotatable bonds is 3. The zero-order valence-electron chi connectivity index (χ0n) is 8.31. The molecule has 2 rings (SSSR count). The first kappa shape index (κ1) is 10.8. The second kappa shape index (κ2) is 4.86. The molecule has 0 saturated heterocycles. The van der Waals surface area contributed by atoms with Crippen molar-refractivity contribution in [3.8, 4) is 11.8 Å². The van der Waals surface area contributed by atoms with Crippen LogP contribution in [-0.2, 0) is 6.61 Å². The van der Waals surface area contributed by atoms with Crippen LogP contribution in [0, 0.1) is 11.3 Å². The van der Waals surface area contributed by atoms with Crippen molar-refractivity contribution < 1.29 is 9.15 Å². The molecule has 4 heteroatoms. The van der Waals surface area contributed by atoms with E-state index in [0.717, 1.165) is 10.2 Å². The molecule has 0 unspecified atom stereocenters. The van der Waals surface area contributed by atoms with Gasteiger partial charge in [0.25, 0.3) is 0 Å². The molecule has 0 aliphatic rings. The molecular formula is C12H8BrNO2. The Labute approximate surface area is 101 Å². The first-order chi connectivity index (χ1) is 7.78. The van der Waals surface area contributed by atoms with Crippen molar-refractivity contribution in [3.63, 3.8) is 0 Å². The molecule has 0 aliphatic carbocycles. The summed E-state index contributed by atoms with van der Waals surface area (Å²) in [4.78, 5) is 0. The molecule has 0 amide bonds. The molecule has 0 atom stereocenters. The van der Waals surface area contributed by atoms with Crippen LogP contribution in [0.15, 0.2) is 45.5 Å². The highest BCUT2D eigenvalue weighted by Gasteiger charge is 2.01. The summed E-state index contributed by atoms with van der Waals surface area (Å²) in [5.41, 5.74) is 0.559. The monoisotopic (exact) mass is 277 g/mol. The van der Waals surface area contributed by atoms with Crippen molar-refractivity contribution >= 4 is 15.9 Å². The Kier molecular flexibility index (Phi) is 3.28. The maximum Gasteiger partial charge on any atom is 0.146 e. The maximum atomic E-state index is 8.79. The number of nitriles is 1. The third-order valence-corrected chi connectivity index (χ3v) is 2.42. The third kappa shape index (κ3) is 2.65. The van der Waals surface area contributed by atoms with Crippen LogP contribution in [-0.4, -0.2) is 0 Å². The Balaban J connectivity index is 2.10. The van der Waals surface area contributed by atoms with Gasteiger partial charge in [-0.05, 0) is 30.3 Å². The van der Waals surface area contributed by atoms with Gasteiger partial charge in [0.15, 0.2) is 0 Å². The van der Waals surface area contributed by atoms with Gasteiger partial charge in [-0.1, -0.05) is 15.9 Å². The zero-order valence-corrected chi connectivity index (χ0v) is 9.90. The lowest BCUT2D eigenvalue weighted by Gasteiger charge is -2.05. The SMILES string of the molecule is N#Cc1cc(Br)cc(OCc2ccco2)c1. The van der Waals surface area contributed by atoms with Gasteiger partial charge in [-0.25, -0.2) is 0 Å². The molecule has 0 radical (unpaired) electrons. The van der Waals surface area contributed by atoms with Gasteiger partial charge < -0.3 is 9.15 Å². The van der Waals surface area contributed by atoms with E-state index >= 15 is 0 Å². The van der Waals surface area contributed by atoms with Gasteiger partial charge in [0.1, 0.15) is 18.1 Å². The highest BCUT2D eigenvalue weighted by Crippen LogP contribution is 2.22. The fourth-order valence-corrected chi connectivity index (χ4v) is 1.73. The maximum absolute atomic E-state index is 8.79. The van der Waals surface area contributed by atoms with Crippen LogP contribution in [0.2, 0.25) is 0 Å². The number of nitrogens with zero attached hydrogens (tertiary/aromatic N) is 1. The lowest BCUT2D eigenvalue weighted by molar-refractivity contribution is 0.270. The van der Waals surface area contributed by atoms with E-state index in [9.17, 15) is 0 Å². The third-order valence-electron chi connectivity index (χ3n) is 1.96. The summed E-state index contributed by atoms with van der Waals surface area (Å²) in [5, 5.41) is 8.79. The van der Waals surface area contributed by atoms with Crippen LogP contribution in [0.25, 0.3) is 0 Å². The molecule has 16 heavy (non-hydrogen) atoms. The van der Waals surface area contributed by atoms with E-state index < -0.39 is 0 Å². The van der Waals surface area contributed by atoms with Crippen LogP contribution in [0.5, 0.6) is 5.75 Å². The standard InChI is InChI=1S/C12H8BrNO2/c13-10-4-9(7-14)5-12(6-10)16-8-11-2-1-3-15-11/h1-6H,8H2. The van der Waals surface area contributed by atoms with E-state index in [2.05, 4.69) is 22.0 Å². The van der Waals surface area contributed by atoms with E-state index in [-0.39, 0.29) is 0 Å². The lowest BCUT2D eigenvalue weighted by Crippen LogP contribution is -1.94. The Bertz CT molecular complexity index is 514. The molecule has 2 aromatic rings. The van der Waals surface area contributed by atoms with Crippen LogP contribution in [0.4, 0.5) is 0 Å². The molecule has 80 valence electrons. The normalized spacial score (nSPS) is 9.75. The summed E-state index contributed by atoms with van der Waals surface area (Å²) in [7, 11) is 0. The minimum absolute atomic E-state index is 0.355. The first-order valence-corrected chi connectivity index (χ1v) is 5.43. The molecule has 0 spiro atoms. The minimum atomic E-state index is 0.355. The minimum Gasteiger partial charge on any atom is -0.486 e. The lowest BCUT2D eigenvalue weighted by atomic mass is 10.2. The fraction of sp³-hybridized carbons (Fsp3) is 0.0833. The van der Waals surface area contributed by atoms with Crippen LogP contribution >= 0.6 is 15.9 Å². The Morgan fingerprint density at radius 3 is 2.94 bits per heavy atom. The summed E-state index contributed by atoms with van der Waals surface area (Å²) in [6, 6.07) is 10.9. The molecule has 0 N–H and O–H groups in total. The average molecular weight is 278 g/mol. The number of hydrogen-bond donors (Lipinski definition) is 0. The summed E-state index contributed by atoms with van der Waals surface area (Å²) in [5.74, 6) is 1.39. The highest BCUT2D eigenvalue weighted by atomic mass is 79.9. The van der Waals surface area contributed by atoms with E-state index in [4.69, 9.17) is 14.4 Å². The molecule has 0 saturated carbocycles. The number of hydrogen-bond acceptors (Lipinski definition) is 3. The van der Waals surface area contributed by atoms with Crippen LogP contribution < -0.4 is 4.74 Å². The van der Waals surface area contributed by atoms with Crippen molar-refractivity contribution in [2.24, 2.45) is 0 Å². The van der Waals surface area contributed by atoms with E-state index in [1.165, 1.54) is 0 Å². The van der Waals surface area contributed by atoms with Gasteiger partial charge in [-0.2, -0.15) is 5.26 Å². The predicted octanol–water partition coefficient (Wildman–Crippen LogP) is 3.49. The second-order valence-corrected chi connectivity index (χ2v) is 4.07. The molecule has 0 bridgehead atoms. The number of furan rings is 1. The van der Waals surface area contributed by atoms with Crippen molar-refractivity contribution in [2.45, 2.75) is 6.61 Å². The van der Waals surface area contributed by atoms with Gasteiger partial charge in [0.05, 0.1) is 17.9 Å². The van der Waals surface area contributed by atoms with Crippen molar-refractivity contribution in [1.29, 1.82) is 5.26 Å². The fourth-order valence-electron chi connectivity index (χ4n) is 1.26. The number of halogens is 1. The Morgan fingerprint density at radius 1 is 1.38 bits per heavy atom. The smallest absolute Gasteiger partial charge is 0.146 e. The van der Waals surface area contributed by atoms with E-state index in [0.29, 0.717) is 17.9 Å². The molecule has 0 fully saturated rings. The summed E-state index contributed by atoms with van der Waals surface area (Å²) >= 11 is 3.32. The quantitative estimate of drug-likeness (QED) is 0.863. The van der Waals surface area contributed by atoms with Gasteiger partial charge in [0.2, 0.25) is 0 Å². The van der Waals surface area contributed by atoms with Crippen molar-refractivity contribution in [1.82, 2.24) is 0 Å². The summed E-state index contributed by atoms with van der Waals surface area (Å²) in [6.07, 6.45) is 1.60. The highest BCUT2D eigenvalue weighted by molar-refractivity contribution is 9.10. The molecule has 0 aliphatic heterocycles.